The van der Waals surface area contributed by atoms with Crippen LogP contribution in [-0.2, 0) is 17.8 Å². The van der Waals surface area contributed by atoms with Crippen molar-refractivity contribution in [2.75, 3.05) is 6.54 Å². The summed E-state index contributed by atoms with van der Waals surface area (Å²) in [6, 6.07) is 6.49. The number of nitrogens with zero attached hydrogens (tertiary/aromatic N) is 1. The maximum Gasteiger partial charge on any atom is 0.270 e. The first-order valence-corrected chi connectivity index (χ1v) is 9.32. The second kappa shape index (κ2) is 10.5. The summed E-state index contributed by atoms with van der Waals surface area (Å²) in [5, 5.41) is 7.84. The SMILES string of the molecule is CC=CCCC(=O)NCc1nc(C(=O)NCCc2ccccc2F)cs1. The second-order valence-electron chi connectivity index (χ2n) is 5.61. The van der Waals surface area contributed by atoms with Gasteiger partial charge in [0.15, 0.2) is 0 Å². The highest BCUT2D eigenvalue weighted by molar-refractivity contribution is 7.09. The summed E-state index contributed by atoms with van der Waals surface area (Å²) < 4.78 is 13.5. The Hall–Kier alpha value is -2.54. The van der Waals surface area contributed by atoms with Crippen LogP contribution in [0.3, 0.4) is 0 Å². The first-order chi connectivity index (χ1) is 12.6. The third-order valence-electron chi connectivity index (χ3n) is 3.63. The molecule has 0 saturated heterocycles. The van der Waals surface area contributed by atoms with E-state index in [2.05, 4.69) is 15.6 Å². The van der Waals surface area contributed by atoms with Crippen LogP contribution in [0, 0.1) is 5.82 Å². The van der Waals surface area contributed by atoms with E-state index in [0.29, 0.717) is 48.6 Å². The van der Waals surface area contributed by atoms with Crippen molar-refractivity contribution in [2.45, 2.75) is 32.7 Å². The van der Waals surface area contributed by atoms with Crippen molar-refractivity contribution in [3.8, 4) is 0 Å². The maximum atomic E-state index is 13.5. The Bertz CT molecular complexity index is 774. The third kappa shape index (κ3) is 6.40. The van der Waals surface area contributed by atoms with Crippen LogP contribution in [-0.4, -0.2) is 23.3 Å². The van der Waals surface area contributed by atoms with E-state index in [1.807, 2.05) is 19.1 Å². The van der Waals surface area contributed by atoms with E-state index in [4.69, 9.17) is 0 Å². The summed E-state index contributed by atoms with van der Waals surface area (Å²) in [5.41, 5.74) is 0.870. The van der Waals surface area contributed by atoms with Crippen LogP contribution in [0.5, 0.6) is 0 Å². The molecule has 2 rings (SSSR count). The van der Waals surface area contributed by atoms with Gasteiger partial charge in [-0.3, -0.25) is 9.59 Å². The number of benzene rings is 1. The zero-order chi connectivity index (χ0) is 18.8. The highest BCUT2D eigenvalue weighted by Gasteiger charge is 2.11. The number of hydrogen-bond donors (Lipinski definition) is 2. The highest BCUT2D eigenvalue weighted by atomic mass is 32.1. The molecule has 0 aliphatic carbocycles. The van der Waals surface area contributed by atoms with E-state index >= 15 is 0 Å². The van der Waals surface area contributed by atoms with Crippen LogP contribution < -0.4 is 10.6 Å². The van der Waals surface area contributed by atoms with Crippen LogP contribution in [0.1, 0.15) is 40.8 Å². The van der Waals surface area contributed by atoms with Gasteiger partial charge in [-0.2, -0.15) is 0 Å². The summed E-state index contributed by atoms with van der Waals surface area (Å²) in [6.07, 6.45) is 5.39. The topological polar surface area (TPSA) is 71.1 Å². The number of aromatic nitrogens is 1. The van der Waals surface area contributed by atoms with E-state index in [-0.39, 0.29) is 17.6 Å². The van der Waals surface area contributed by atoms with Crippen molar-refractivity contribution in [1.29, 1.82) is 0 Å². The minimum absolute atomic E-state index is 0.0470. The molecule has 26 heavy (non-hydrogen) atoms. The van der Waals surface area contributed by atoms with Crippen molar-refractivity contribution in [3.05, 3.63) is 63.9 Å². The van der Waals surface area contributed by atoms with Gasteiger partial charge in [0, 0.05) is 18.3 Å². The summed E-state index contributed by atoms with van der Waals surface area (Å²) in [6.45, 7) is 2.55. The Morgan fingerprint density at radius 1 is 1.27 bits per heavy atom. The van der Waals surface area contributed by atoms with Gasteiger partial charge in [0.2, 0.25) is 5.91 Å². The fraction of sp³-hybridized carbons (Fsp3) is 0.316. The highest BCUT2D eigenvalue weighted by Crippen LogP contribution is 2.10. The number of allylic oxidation sites excluding steroid dienone is 2. The van der Waals surface area contributed by atoms with Gasteiger partial charge in [0.1, 0.15) is 16.5 Å². The first kappa shape index (κ1) is 19.8. The fourth-order valence-corrected chi connectivity index (χ4v) is 2.96. The monoisotopic (exact) mass is 375 g/mol. The molecule has 0 aliphatic rings. The van der Waals surface area contributed by atoms with Gasteiger partial charge in [-0.15, -0.1) is 11.3 Å². The lowest BCUT2D eigenvalue weighted by molar-refractivity contribution is -0.121. The first-order valence-electron chi connectivity index (χ1n) is 8.44. The lowest BCUT2D eigenvalue weighted by Crippen LogP contribution is -2.26. The fourth-order valence-electron chi connectivity index (χ4n) is 2.24. The molecule has 0 fully saturated rings. The Balaban J connectivity index is 1.75. The average molecular weight is 375 g/mol. The van der Waals surface area contributed by atoms with E-state index in [9.17, 15) is 14.0 Å². The largest absolute Gasteiger partial charge is 0.350 e. The lowest BCUT2D eigenvalue weighted by atomic mass is 10.1. The van der Waals surface area contributed by atoms with Crippen molar-refractivity contribution in [3.63, 3.8) is 0 Å². The number of halogens is 1. The molecule has 0 unspecified atom stereocenters. The van der Waals surface area contributed by atoms with Crippen molar-refractivity contribution < 1.29 is 14.0 Å². The predicted molar refractivity (Wildman–Crippen MR) is 100 cm³/mol. The summed E-state index contributed by atoms with van der Waals surface area (Å²) >= 11 is 1.32. The normalized spacial score (nSPS) is 10.8. The molecule has 0 atom stereocenters. The maximum absolute atomic E-state index is 13.5. The number of carbonyl (C=O) groups excluding carboxylic acids is 2. The molecule has 1 aromatic heterocycles. The lowest BCUT2D eigenvalue weighted by Gasteiger charge is -2.04. The molecule has 0 bridgehead atoms. The molecule has 0 aliphatic heterocycles. The standard InChI is InChI=1S/C19H22FN3O2S/c1-2-3-4-9-17(24)22-12-18-23-16(13-26-18)19(25)21-11-10-14-7-5-6-8-15(14)20/h2-3,5-8,13H,4,9-12H2,1H3,(H,21,25)(H,22,24). The van der Waals surface area contributed by atoms with Crippen LogP contribution >= 0.6 is 11.3 Å². The number of rotatable bonds is 9. The van der Waals surface area contributed by atoms with Crippen LogP contribution in [0.15, 0.2) is 41.8 Å². The van der Waals surface area contributed by atoms with Gasteiger partial charge in [-0.1, -0.05) is 30.4 Å². The summed E-state index contributed by atoms with van der Waals surface area (Å²) in [5.74, 6) is -0.625. The molecule has 0 spiro atoms. The molecule has 1 heterocycles. The quantitative estimate of drug-likeness (QED) is 0.661. The predicted octanol–water partition coefficient (Wildman–Crippen LogP) is 3.23. The van der Waals surface area contributed by atoms with Crippen LogP contribution in [0.2, 0.25) is 0 Å². The van der Waals surface area contributed by atoms with Crippen molar-refractivity contribution in [2.24, 2.45) is 0 Å². The van der Waals surface area contributed by atoms with Gasteiger partial charge < -0.3 is 10.6 Å². The Morgan fingerprint density at radius 3 is 2.85 bits per heavy atom. The molecule has 2 N–H and O–H groups in total. The van der Waals surface area contributed by atoms with Crippen LogP contribution in [0.25, 0.3) is 0 Å². The van der Waals surface area contributed by atoms with Gasteiger partial charge in [0.05, 0.1) is 6.54 Å². The third-order valence-corrected chi connectivity index (χ3v) is 4.48. The minimum Gasteiger partial charge on any atom is -0.350 e. The molecule has 138 valence electrons. The zero-order valence-corrected chi connectivity index (χ0v) is 15.4. The Morgan fingerprint density at radius 2 is 2.08 bits per heavy atom. The van der Waals surface area contributed by atoms with E-state index in [1.165, 1.54) is 17.4 Å². The molecule has 2 aromatic rings. The molecule has 0 saturated carbocycles. The Kier molecular flexibility index (Phi) is 7.95. The van der Waals surface area contributed by atoms with Gasteiger partial charge >= 0.3 is 0 Å². The average Bonchev–Trinajstić information content (AvgIpc) is 3.11. The van der Waals surface area contributed by atoms with E-state index in [0.717, 1.165) is 0 Å². The Labute approximate surface area is 156 Å². The zero-order valence-electron chi connectivity index (χ0n) is 14.6. The van der Waals surface area contributed by atoms with E-state index in [1.54, 1.807) is 23.6 Å². The van der Waals surface area contributed by atoms with E-state index < -0.39 is 0 Å². The smallest absolute Gasteiger partial charge is 0.270 e. The number of hydrogen-bond acceptors (Lipinski definition) is 4. The van der Waals surface area contributed by atoms with Crippen molar-refractivity contribution >= 4 is 23.2 Å². The minimum atomic E-state index is -0.303. The molecule has 1 aromatic carbocycles. The van der Waals surface area contributed by atoms with Crippen molar-refractivity contribution in [1.82, 2.24) is 15.6 Å². The molecule has 7 heteroatoms. The van der Waals surface area contributed by atoms with Gasteiger partial charge in [0.25, 0.3) is 5.91 Å². The molecule has 2 amide bonds. The number of carbonyl (C=O) groups is 2. The van der Waals surface area contributed by atoms with Gasteiger partial charge in [-0.25, -0.2) is 9.37 Å². The number of nitrogens with one attached hydrogen (secondary N) is 2. The second-order valence-corrected chi connectivity index (χ2v) is 6.55. The van der Waals surface area contributed by atoms with Crippen LogP contribution in [0.4, 0.5) is 4.39 Å². The molecule has 5 nitrogen and oxygen atoms in total. The van der Waals surface area contributed by atoms with Gasteiger partial charge in [-0.05, 0) is 31.4 Å². The summed E-state index contributed by atoms with van der Waals surface area (Å²) in [4.78, 5) is 28.0. The number of amides is 2. The molecular formula is C19H22FN3O2S. The number of thiazole rings is 1. The summed E-state index contributed by atoms with van der Waals surface area (Å²) in [7, 11) is 0. The molecule has 0 radical (unpaired) electrons. The molecular weight excluding hydrogens is 353 g/mol.